The van der Waals surface area contributed by atoms with Crippen LogP contribution in [0.2, 0.25) is 0 Å². The molecule has 0 aliphatic heterocycles. The molecule has 0 bridgehead atoms. The third-order valence-corrected chi connectivity index (χ3v) is 4.28. The summed E-state index contributed by atoms with van der Waals surface area (Å²) in [5.74, 6) is 2.06. The van der Waals surface area contributed by atoms with Crippen LogP contribution in [0, 0.1) is 11.8 Å². The van der Waals surface area contributed by atoms with E-state index in [1.165, 1.54) is 6.42 Å². The smallest absolute Gasteiger partial charge is 0.122 e. The highest BCUT2D eigenvalue weighted by Gasteiger charge is 2.33. The summed E-state index contributed by atoms with van der Waals surface area (Å²) in [6.45, 7) is 4.51. The number of pyridine rings is 1. The van der Waals surface area contributed by atoms with E-state index in [4.69, 9.17) is 10.5 Å². The van der Waals surface area contributed by atoms with Gasteiger partial charge in [-0.3, -0.25) is 4.98 Å². The molecule has 0 spiro atoms. The molecule has 3 rings (SSSR count). The largest absolute Gasteiger partial charge is 0.488 e. The first-order valence-electron chi connectivity index (χ1n) is 7.40. The van der Waals surface area contributed by atoms with E-state index in [-0.39, 0.29) is 12.1 Å². The number of aromatic nitrogens is 1. The zero-order valence-electron chi connectivity index (χ0n) is 12.1. The van der Waals surface area contributed by atoms with Crippen molar-refractivity contribution in [3.8, 4) is 5.75 Å². The van der Waals surface area contributed by atoms with Gasteiger partial charge in [0.25, 0.3) is 0 Å². The van der Waals surface area contributed by atoms with Crippen molar-refractivity contribution in [2.45, 2.75) is 38.8 Å². The Morgan fingerprint density at radius 2 is 2.05 bits per heavy atom. The highest BCUT2D eigenvalue weighted by atomic mass is 16.5. The fourth-order valence-electron chi connectivity index (χ4n) is 3.37. The van der Waals surface area contributed by atoms with Gasteiger partial charge in [0.1, 0.15) is 11.9 Å². The van der Waals surface area contributed by atoms with Gasteiger partial charge in [-0.05, 0) is 42.9 Å². The minimum absolute atomic E-state index is 0.104. The second-order valence-corrected chi connectivity index (χ2v) is 6.16. The summed E-state index contributed by atoms with van der Waals surface area (Å²) in [5, 5.41) is 1.13. The van der Waals surface area contributed by atoms with Crippen LogP contribution in [0.1, 0.15) is 26.7 Å². The summed E-state index contributed by atoms with van der Waals surface area (Å²) >= 11 is 0. The first-order valence-corrected chi connectivity index (χ1v) is 7.40. The van der Waals surface area contributed by atoms with Gasteiger partial charge in [-0.1, -0.05) is 19.9 Å². The van der Waals surface area contributed by atoms with E-state index in [1.807, 2.05) is 24.4 Å². The lowest BCUT2D eigenvalue weighted by molar-refractivity contribution is 0.0627. The highest BCUT2D eigenvalue weighted by Crippen LogP contribution is 2.31. The van der Waals surface area contributed by atoms with Crippen molar-refractivity contribution in [1.82, 2.24) is 4.98 Å². The van der Waals surface area contributed by atoms with E-state index < -0.39 is 0 Å². The van der Waals surface area contributed by atoms with Gasteiger partial charge in [0, 0.05) is 23.7 Å². The summed E-state index contributed by atoms with van der Waals surface area (Å²) in [6.07, 6.45) is 4.14. The van der Waals surface area contributed by atoms with Crippen molar-refractivity contribution in [2.75, 3.05) is 0 Å². The molecule has 1 aliphatic rings. The Morgan fingerprint density at radius 3 is 2.85 bits per heavy atom. The fraction of sp³-hybridized carbons (Fsp3) is 0.471. The monoisotopic (exact) mass is 270 g/mol. The molecule has 106 valence electrons. The summed E-state index contributed by atoms with van der Waals surface area (Å²) in [5.41, 5.74) is 7.25. The first-order chi connectivity index (χ1) is 9.63. The average Bonchev–Trinajstić information content (AvgIpc) is 2.42. The lowest BCUT2D eigenvalue weighted by Gasteiger charge is -2.37. The fourth-order valence-corrected chi connectivity index (χ4v) is 3.37. The molecule has 1 heterocycles. The van der Waals surface area contributed by atoms with Crippen LogP contribution in [0.15, 0.2) is 36.5 Å². The molecule has 0 radical (unpaired) electrons. The van der Waals surface area contributed by atoms with Gasteiger partial charge >= 0.3 is 0 Å². The van der Waals surface area contributed by atoms with E-state index in [9.17, 15) is 0 Å². The quantitative estimate of drug-likeness (QED) is 0.910. The number of nitrogens with two attached hydrogens (primary N) is 1. The van der Waals surface area contributed by atoms with Crippen LogP contribution >= 0.6 is 0 Å². The summed E-state index contributed by atoms with van der Waals surface area (Å²) in [7, 11) is 0. The van der Waals surface area contributed by atoms with E-state index in [2.05, 4.69) is 31.0 Å². The number of rotatable bonds is 2. The predicted molar refractivity (Wildman–Crippen MR) is 81.7 cm³/mol. The Hall–Kier alpha value is -1.61. The Morgan fingerprint density at radius 1 is 1.20 bits per heavy atom. The normalized spacial score (nSPS) is 30.4. The van der Waals surface area contributed by atoms with Gasteiger partial charge in [0.05, 0.1) is 5.52 Å². The minimum atomic E-state index is 0.104. The number of fused-ring (bicyclic) bond motifs is 1. The van der Waals surface area contributed by atoms with E-state index in [0.29, 0.717) is 11.8 Å². The van der Waals surface area contributed by atoms with E-state index in [1.54, 1.807) is 0 Å². The van der Waals surface area contributed by atoms with Gasteiger partial charge in [-0.2, -0.15) is 0 Å². The van der Waals surface area contributed by atoms with Crippen molar-refractivity contribution in [3.63, 3.8) is 0 Å². The molecular formula is C17H22N2O. The van der Waals surface area contributed by atoms with Crippen LogP contribution in [0.4, 0.5) is 0 Å². The molecular weight excluding hydrogens is 248 g/mol. The molecule has 1 aliphatic carbocycles. The zero-order valence-corrected chi connectivity index (χ0v) is 12.1. The van der Waals surface area contributed by atoms with Crippen molar-refractivity contribution in [3.05, 3.63) is 36.5 Å². The molecule has 1 fully saturated rings. The third kappa shape index (κ3) is 2.63. The van der Waals surface area contributed by atoms with Crippen LogP contribution in [0.25, 0.3) is 10.9 Å². The van der Waals surface area contributed by atoms with Gasteiger partial charge in [0.15, 0.2) is 0 Å². The standard InChI is InChI=1S/C17H22N2O/c1-11-8-12(2)17(15(18)9-11)20-14-6-5-13-4-3-7-19-16(13)10-14/h3-7,10-12,15,17H,8-9,18H2,1-2H3. The van der Waals surface area contributed by atoms with Crippen molar-refractivity contribution in [2.24, 2.45) is 17.6 Å². The SMILES string of the molecule is CC1CC(C)C(Oc2ccc3cccnc3c2)C(N)C1. The Kier molecular flexibility index (Phi) is 3.62. The Balaban J connectivity index is 1.81. The predicted octanol–water partition coefficient (Wildman–Crippen LogP) is 3.38. The highest BCUT2D eigenvalue weighted by molar-refractivity contribution is 5.79. The summed E-state index contributed by atoms with van der Waals surface area (Å²) < 4.78 is 6.17. The Bertz CT molecular complexity index is 586. The number of nitrogens with zero attached hydrogens (tertiary/aromatic N) is 1. The minimum Gasteiger partial charge on any atom is -0.488 e. The summed E-state index contributed by atoms with van der Waals surface area (Å²) in [6, 6.07) is 10.2. The van der Waals surface area contributed by atoms with E-state index in [0.717, 1.165) is 23.1 Å². The number of ether oxygens (including phenoxy) is 1. The lowest BCUT2D eigenvalue weighted by atomic mass is 9.78. The molecule has 2 aromatic rings. The second kappa shape index (κ2) is 5.41. The average molecular weight is 270 g/mol. The van der Waals surface area contributed by atoms with Gasteiger partial charge in [-0.25, -0.2) is 0 Å². The maximum Gasteiger partial charge on any atom is 0.122 e. The van der Waals surface area contributed by atoms with Crippen LogP contribution in [0.5, 0.6) is 5.75 Å². The van der Waals surface area contributed by atoms with Gasteiger partial charge < -0.3 is 10.5 Å². The maximum atomic E-state index is 6.28. The maximum absolute atomic E-state index is 6.28. The van der Waals surface area contributed by atoms with Crippen LogP contribution in [0.3, 0.4) is 0 Å². The van der Waals surface area contributed by atoms with Gasteiger partial charge in [-0.15, -0.1) is 0 Å². The van der Waals surface area contributed by atoms with Crippen molar-refractivity contribution in [1.29, 1.82) is 0 Å². The van der Waals surface area contributed by atoms with Crippen LogP contribution in [-0.4, -0.2) is 17.1 Å². The number of hydrogen-bond acceptors (Lipinski definition) is 3. The van der Waals surface area contributed by atoms with Crippen LogP contribution < -0.4 is 10.5 Å². The first kappa shape index (κ1) is 13.4. The molecule has 3 nitrogen and oxygen atoms in total. The molecule has 2 N–H and O–H groups in total. The molecule has 4 atom stereocenters. The molecule has 0 saturated heterocycles. The molecule has 1 aromatic carbocycles. The van der Waals surface area contributed by atoms with Crippen molar-refractivity contribution >= 4 is 10.9 Å². The molecule has 20 heavy (non-hydrogen) atoms. The number of benzene rings is 1. The summed E-state index contributed by atoms with van der Waals surface area (Å²) in [4.78, 5) is 4.37. The second-order valence-electron chi connectivity index (χ2n) is 6.16. The number of hydrogen-bond donors (Lipinski definition) is 1. The lowest BCUT2D eigenvalue weighted by Crippen LogP contribution is -2.48. The molecule has 3 heteroatoms. The van der Waals surface area contributed by atoms with E-state index >= 15 is 0 Å². The van der Waals surface area contributed by atoms with Crippen LogP contribution in [-0.2, 0) is 0 Å². The topological polar surface area (TPSA) is 48.1 Å². The zero-order chi connectivity index (χ0) is 14.1. The molecule has 0 amide bonds. The van der Waals surface area contributed by atoms with Crippen molar-refractivity contribution < 1.29 is 4.74 Å². The third-order valence-electron chi connectivity index (χ3n) is 4.28. The Labute approximate surface area is 120 Å². The molecule has 1 saturated carbocycles. The molecule has 4 unspecified atom stereocenters. The van der Waals surface area contributed by atoms with Gasteiger partial charge in [0.2, 0.25) is 0 Å². The molecule has 1 aromatic heterocycles.